The molecule has 21 heavy (non-hydrogen) atoms. The number of hydrogen-bond donors (Lipinski definition) is 1. The second-order valence-corrected chi connectivity index (χ2v) is 4.62. The van der Waals surface area contributed by atoms with Gasteiger partial charge in [-0.25, -0.2) is 4.98 Å². The third kappa shape index (κ3) is 3.25. The number of nitrogens with one attached hydrogen (secondary N) is 1. The van der Waals surface area contributed by atoms with Crippen molar-refractivity contribution in [3.05, 3.63) is 40.6 Å². The molecular weight excluding hydrogens is 274 g/mol. The summed E-state index contributed by atoms with van der Waals surface area (Å²) in [6, 6.07) is 6.74. The largest absolute Gasteiger partial charge is 0.469 e. The number of pyridine rings is 1. The number of aromatic nitrogens is 1. The van der Waals surface area contributed by atoms with Gasteiger partial charge in [-0.05, 0) is 13.0 Å². The van der Waals surface area contributed by atoms with Crippen molar-refractivity contribution in [1.29, 1.82) is 0 Å². The quantitative estimate of drug-likeness (QED) is 0.516. The predicted molar refractivity (Wildman–Crippen MR) is 78.1 cm³/mol. The number of ether oxygens (including phenoxy) is 1. The SMILES string of the molecule is COC(=O)C[C@H](C)Nc1ncc([N+](=O)[O-])c2ccccc12. The van der Waals surface area contributed by atoms with E-state index in [0.29, 0.717) is 16.6 Å². The summed E-state index contributed by atoms with van der Waals surface area (Å²) in [6.07, 6.45) is 1.40. The van der Waals surface area contributed by atoms with Gasteiger partial charge in [0.25, 0.3) is 5.69 Å². The average molecular weight is 289 g/mol. The maximum atomic E-state index is 11.2. The fraction of sp³-hybridized carbons (Fsp3) is 0.286. The summed E-state index contributed by atoms with van der Waals surface area (Å²) in [5.74, 6) is 0.175. The molecule has 110 valence electrons. The molecule has 7 nitrogen and oxygen atoms in total. The molecule has 0 bridgehead atoms. The van der Waals surface area contributed by atoms with Gasteiger partial charge >= 0.3 is 5.97 Å². The van der Waals surface area contributed by atoms with Gasteiger partial charge in [0, 0.05) is 11.4 Å². The summed E-state index contributed by atoms with van der Waals surface area (Å²) in [5.41, 5.74) is -0.0447. The maximum absolute atomic E-state index is 11.2. The highest BCUT2D eigenvalue weighted by molar-refractivity contribution is 5.97. The second-order valence-electron chi connectivity index (χ2n) is 4.62. The number of carbonyl (C=O) groups is 1. The highest BCUT2D eigenvalue weighted by Gasteiger charge is 2.17. The monoisotopic (exact) mass is 289 g/mol. The molecule has 0 radical (unpaired) electrons. The minimum Gasteiger partial charge on any atom is -0.469 e. The number of methoxy groups -OCH3 is 1. The van der Waals surface area contributed by atoms with Crippen molar-refractivity contribution in [2.75, 3.05) is 12.4 Å². The lowest BCUT2D eigenvalue weighted by Crippen LogP contribution is -2.21. The van der Waals surface area contributed by atoms with E-state index in [1.165, 1.54) is 13.3 Å². The normalized spacial score (nSPS) is 11.9. The van der Waals surface area contributed by atoms with Crippen LogP contribution >= 0.6 is 0 Å². The van der Waals surface area contributed by atoms with Gasteiger partial charge in [-0.1, -0.05) is 18.2 Å². The summed E-state index contributed by atoms with van der Waals surface area (Å²) in [6.45, 7) is 1.81. The van der Waals surface area contributed by atoms with Gasteiger partial charge in [0.2, 0.25) is 0 Å². The van der Waals surface area contributed by atoms with Gasteiger partial charge in [-0.2, -0.15) is 0 Å². The van der Waals surface area contributed by atoms with Gasteiger partial charge in [0.15, 0.2) is 0 Å². The van der Waals surface area contributed by atoms with E-state index in [0.717, 1.165) is 0 Å². The fourth-order valence-electron chi connectivity index (χ4n) is 2.06. The molecule has 0 aliphatic carbocycles. The van der Waals surface area contributed by atoms with Crippen LogP contribution in [0.5, 0.6) is 0 Å². The van der Waals surface area contributed by atoms with E-state index in [-0.39, 0.29) is 24.1 Å². The van der Waals surface area contributed by atoms with Crippen molar-refractivity contribution < 1.29 is 14.5 Å². The van der Waals surface area contributed by atoms with Crippen molar-refractivity contribution in [2.45, 2.75) is 19.4 Å². The average Bonchev–Trinajstić information content (AvgIpc) is 2.47. The van der Waals surface area contributed by atoms with Gasteiger partial charge in [0.1, 0.15) is 12.0 Å². The Morgan fingerprint density at radius 3 is 2.71 bits per heavy atom. The number of hydrogen-bond acceptors (Lipinski definition) is 6. The molecule has 1 aromatic carbocycles. The van der Waals surface area contributed by atoms with Crippen LogP contribution in [0.25, 0.3) is 10.8 Å². The van der Waals surface area contributed by atoms with Crippen molar-refractivity contribution in [3.63, 3.8) is 0 Å². The van der Waals surface area contributed by atoms with Crippen LogP contribution in [-0.4, -0.2) is 29.0 Å². The zero-order chi connectivity index (χ0) is 15.4. The van der Waals surface area contributed by atoms with Crippen molar-refractivity contribution >= 4 is 28.2 Å². The van der Waals surface area contributed by atoms with Crippen LogP contribution in [0.3, 0.4) is 0 Å². The Morgan fingerprint density at radius 1 is 1.43 bits per heavy atom. The molecule has 0 amide bonds. The molecule has 1 N–H and O–H groups in total. The Balaban J connectivity index is 2.35. The molecule has 2 aromatic rings. The molecule has 1 heterocycles. The Morgan fingerprint density at radius 2 is 2.10 bits per heavy atom. The molecule has 1 atom stereocenters. The third-order valence-electron chi connectivity index (χ3n) is 3.05. The van der Waals surface area contributed by atoms with Crippen LogP contribution in [0.1, 0.15) is 13.3 Å². The summed E-state index contributed by atoms with van der Waals surface area (Å²) < 4.78 is 4.61. The maximum Gasteiger partial charge on any atom is 0.307 e. The van der Waals surface area contributed by atoms with Gasteiger partial charge in [-0.15, -0.1) is 0 Å². The molecule has 0 unspecified atom stereocenters. The van der Waals surface area contributed by atoms with Gasteiger partial charge < -0.3 is 10.1 Å². The number of carbonyl (C=O) groups excluding carboxylic acids is 1. The van der Waals surface area contributed by atoms with Crippen LogP contribution in [0.15, 0.2) is 30.5 Å². The molecule has 1 aromatic heterocycles. The van der Waals surface area contributed by atoms with Crippen molar-refractivity contribution in [1.82, 2.24) is 4.98 Å². The molecule has 0 spiro atoms. The van der Waals surface area contributed by atoms with Crippen molar-refractivity contribution in [2.24, 2.45) is 0 Å². The van der Waals surface area contributed by atoms with Crippen LogP contribution in [-0.2, 0) is 9.53 Å². The standard InChI is InChI=1S/C14H15N3O4/c1-9(7-13(18)21-2)16-14-11-6-4-3-5-10(11)12(8-15-14)17(19)20/h3-6,8-9H,7H2,1-2H3,(H,15,16)/t9-/m0/s1. The van der Waals surface area contributed by atoms with E-state index in [4.69, 9.17) is 0 Å². The first-order valence-corrected chi connectivity index (χ1v) is 6.38. The summed E-state index contributed by atoms with van der Waals surface area (Å²) in [4.78, 5) is 25.9. The number of nitro groups is 1. The summed E-state index contributed by atoms with van der Waals surface area (Å²) in [7, 11) is 1.33. The Bertz CT molecular complexity index is 687. The van der Waals surface area contributed by atoms with Crippen LogP contribution < -0.4 is 5.32 Å². The minimum absolute atomic E-state index is 0.0447. The van der Waals surface area contributed by atoms with Gasteiger partial charge in [0.05, 0.1) is 23.8 Å². The number of esters is 1. The molecule has 0 saturated heterocycles. The first kappa shape index (κ1) is 14.7. The van der Waals surface area contributed by atoms with E-state index >= 15 is 0 Å². The Hall–Kier alpha value is -2.70. The number of anilines is 1. The Labute approximate surface area is 121 Å². The number of rotatable bonds is 5. The minimum atomic E-state index is -0.461. The van der Waals surface area contributed by atoms with Crippen LogP contribution in [0.2, 0.25) is 0 Å². The first-order chi connectivity index (χ1) is 10.0. The molecule has 0 aliphatic heterocycles. The van der Waals surface area contributed by atoms with E-state index in [9.17, 15) is 14.9 Å². The lowest BCUT2D eigenvalue weighted by atomic mass is 10.1. The Kier molecular flexibility index (Phi) is 4.32. The van der Waals surface area contributed by atoms with Crippen LogP contribution in [0, 0.1) is 10.1 Å². The van der Waals surface area contributed by atoms with Crippen molar-refractivity contribution in [3.8, 4) is 0 Å². The van der Waals surface area contributed by atoms with Gasteiger partial charge in [-0.3, -0.25) is 14.9 Å². The summed E-state index contributed by atoms with van der Waals surface area (Å²) >= 11 is 0. The lowest BCUT2D eigenvalue weighted by molar-refractivity contribution is -0.383. The fourth-order valence-corrected chi connectivity index (χ4v) is 2.06. The highest BCUT2D eigenvalue weighted by Crippen LogP contribution is 2.29. The van der Waals surface area contributed by atoms with E-state index in [1.807, 2.05) is 6.92 Å². The topological polar surface area (TPSA) is 94.4 Å². The third-order valence-corrected chi connectivity index (χ3v) is 3.05. The molecule has 0 aliphatic rings. The second kappa shape index (κ2) is 6.17. The molecule has 0 saturated carbocycles. The molecular formula is C14H15N3O4. The summed E-state index contributed by atoms with van der Waals surface area (Å²) in [5, 5.41) is 15.2. The molecule has 0 fully saturated rings. The van der Waals surface area contributed by atoms with E-state index < -0.39 is 4.92 Å². The van der Waals surface area contributed by atoms with E-state index in [2.05, 4.69) is 15.0 Å². The van der Waals surface area contributed by atoms with Crippen LogP contribution in [0.4, 0.5) is 11.5 Å². The first-order valence-electron chi connectivity index (χ1n) is 6.38. The highest BCUT2D eigenvalue weighted by atomic mass is 16.6. The smallest absolute Gasteiger partial charge is 0.307 e. The van der Waals surface area contributed by atoms with E-state index in [1.54, 1.807) is 24.3 Å². The lowest BCUT2D eigenvalue weighted by Gasteiger charge is -2.14. The molecule has 2 rings (SSSR count). The zero-order valence-corrected chi connectivity index (χ0v) is 11.7. The number of benzene rings is 1. The number of fused-ring (bicyclic) bond motifs is 1. The molecule has 7 heteroatoms. The zero-order valence-electron chi connectivity index (χ0n) is 11.7. The number of nitrogens with zero attached hydrogens (tertiary/aromatic N) is 2. The predicted octanol–water partition coefficient (Wildman–Crippen LogP) is 2.51.